The number of halogens is 1. The molecule has 0 saturated carbocycles. The van der Waals surface area contributed by atoms with Crippen molar-refractivity contribution in [2.24, 2.45) is 5.73 Å². The number of hydrogen-bond donors (Lipinski definition) is 3. The highest BCUT2D eigenvalue weighted by atomic mass is 35.5. The van der Waals surface area contributed by atoms with Crippen LogP contribution in [-0.4, -0.2) is 8.42 Å². The van der Waals surface area contributed by atoms with E-state index in [2.05, 4.69) is 4.72 Å². The minimum Gasteiger partial charge on any atom is -0.324 e. The monoisotopic (exact) mass is 250 g/mol. The summed E-state index contributed by atoms with van der Waals surface area (Å²) in [6.45, 7) is 2.17. The van der Waals surface area contributed by atoms with Gasteiger partial charge < -0.3 is 5.73 Å². The zero-order valence-corrected chi connectivity index (χ0v) is 10.1. The molecule has 0 aliphatic heterocycles. The molecule has 0 bridgehead atoms. The predicted octanol–water partition coefficient (Wildman–Crippen LogP) is 0.744. The normalized spacial score (nSPS) is 12.2. The molecule has 0 fully saturated rings. The summed E-state index contributed by atoms with van der Waals surface area (Å²) in [5, 5.41) is 0. The Morgan fingerprint density at radius 1 is 1.40 bits per heavy atom. The Bertz CT molecular complexity index is 372. The number of nitrogens with two attached hydrogens (primary N) is 1. The van der Waals surface area contributed by atoms with Gasteiger partial charge in [0.1, 0.15) is 0 Å². The molecule has 0 saturated heterocycles. The molecule has 0 aromatic heterocycles. The fourth-order valence-electron chi connectivity index (χ4n) is 1.29. The lowest BCUT2D eigenvalue weighted by Crippen LogP contribution is -2.15. The molecular weight excluding hydrogens is 236 g/mol. The zero-order valence-electron chi connectivity index (χ0n) is 8.34. The van der Waals surface area contributed by atoms with E-state index < -0.39 is 10.9 Å². The van der Waals surface area contributed by atoms with Crippen molar-refractivity contribution in [1.82, 2.24) is 4.72 Å². The van der Waals surface area contributed by atoms with Crippen LogP contribution in [-0.2, 0) is 17.4 Å². The maximum absolute atomic E-state index is 10.3. The first-order valence-electron chi connectivity index (χ1n) is 4.32. The lowest BCUT2D eigenvalue weighted by atomic mass is 10.0. The van der Waals surface area contributed by atoms with Gasteiger partial charge in [-0.05, 0) is 18.1 Å². The van der Waals surface area contributed by atoms with Crippen LogP contribution in [0, 0.1) is 0 Å². The van der Waals surface area contributed by atoms with E-state index in [1.54, 1.807) is 0 Å². The molecule has 15 heavy (non-hydrogen) atoms. The summed E-state index contributed by atoms with van der Waals surface area (Å²) in [6, 6.07) is 7.43. The summed E-state index contributed by atoms with van der Waals surface area (Å²) < 4.78 is 23.1. The van der Waals surface area contributed by atoms with Crippen LogP contribution in [0.2, 0.25) is 0 Å². The van der Waals surface area contributed by atoms with Crippen molar-refractivity contribution in [1.29, 1.82) is 0 Å². The van der Waals surface area contributed by atoms with E-state index in [9.17, 15) is 8.42 Å². The van der Waals surface area contributed by atoms with Gasteiger partial charge in [-0.3, -0.25) is 0 Å². The average molecular weight is 251 g/mol. The predicted molar refractivity (Wildman–Crippen MR) is 63.4 cm³/mol. The minimum absolute atomic E-state index is 0. The van der Waals surface area contributed by atoms with Gasteiger partial charge in [-0.2, -0.15) is 0 Å². The van der Waals surface area contributed by atoms with E-state index in [4.69, 9.17) is 5.73 Å². The Morgan fingerprint density at radius 3 is 2.53 bits per heavy atom. The first-order chi connectivity index (χ1) is 6.61. The van der Waals surface area contributed by atoms with Crippen molar-refractivity contribution in [2.75, 3.05) is 0 Å². The van der Waals surface area contributed by atoms with E-state index in [1.807, 2.05) is 31.2 Å². The van der Waals surface area contributed by atoms with Crippen molar-refractivity contribution in [3.8, 4) is 0 Å². The lowest BCUT2D eigenvalue weighted by molar-refractivity contribution is 0.601. The van der Waals surface area contributed by atoms with Crippen molar-refractivity contribution in [3.63, 3.8) is 0 Å². The smallest absolute Gasteiger partial charge is 0.201 e. The molecule has 1 unspecified atom stereocenters. The molecule has 0 aliphatic carbocycles. The van der Waals surface area contributed by atoms with Crippen LogP contribution >= 0.6 is 12.4 Å². The van der Waals surface area contributed by atoms with E-state index in [0.29, 0.717) is 6.54 Å². The fraction of sp³-hybridized carbons (Fsp3) is 0.333. The number of rotatable bonds is 4. The summed E-state index contributed by atoms with van der Waals surface area (Å²) in [5.41, 5.74) is 7.63. The van der Waals surface area contributed by atoms with Crippen LogP contribution < -0.4 is 10.5 Å². The van der Waals surface area contributed by atoms with Gasteiger partial charge in [0, 0.05) is 12.6 Å². The Kier molecular flexibility index (Phi) is 6.51. The Balaban J connectivity index is 0.00000196. The zero-order chi connectivity index (χ0) is 10.6. The van der Waals surface area contributed by atoms with Crippen LogP contribution in [0.25, 0.3) is 0 Å². The third kappa shape index (κ3) is 4.61. The molecular formula is C9H15ClN2O2S. The molecule has 0 spiro atoms. The van der Waals surface area contributed by atoms with Crippen LogP contribution in [0.1, 0.15) is 24.1 Å². The van der Waals surface area contributed by atoms with E-state index in [1.165, 1.54) is 0 Å². The van der Waals surface area contributed by atoms with Gasteiger partial charge in [-0.1, -0.05) is 24.3 Å². The SMILES string of the molecule is CC(N)c1ccccc1CN[SH](=O)=O.Cl. The fourth-order valence-corrected chi connectivity index (χ4v) is 1.59. The number of nitrogens with one attached hydrogen (secondary N) is 1. The molecule has 0 radical (unpaired) electrons. The molecule has 0 amide bonds. The second-order valence-electron chi connectivity index (χ2n) is 3.08. The highest BCUT2D eigenvalue weighted by molar-refractivity contribution is 7.70. The van der Waals surface area contributed by atoms with Gasteiger partial charge in [-0.25, -0.2) is 13.1 Å². The topological polar surface area (TPSA) is 72.2 Å². The van der Waals surface area contributed by atoms with Crippen molar-refractivity contribution in [2.45, 2.75) is 19.5 Å². The van der Waals surface area contributed by atoms with Gasteiger partial charge in [0.15, 0.2) is 0 Å². The molecule has 6 heteroatoms. The molecule has 1 rings (SSSR count). The first-order valence-corrected chi connectivity index (χ1v) is 5.50. The molecule has 1 atom stereocenters. The van der Waals surface area contributed by atoms with Crippen LogP contribution in [0.15, 0.2) is 24.3 Å². The van der Waals surface area contributed by atoms with Gasteiger partial charge >= 0.3 is 0 Å². The Labute approximate surface area is 97.4 Å². The number of hydrogen-bond acceptors (Lipinski definition) is 3. The number of thiol groups is 1. The highest BCUT2D eigenvalue weighted by Crippen LogP contribution is 2.14. The molecule has 1 aromatic rings. The molecule has 0 aliphatic rings. The maximum Gasteiger partial charge on any atom is 0.201 e. The Hall–Kier alpha value is -0.620. The first kappa shape index (κ1) is 14.4. The van der Waals surface area contributed by atoms with Gasteiger partial charge in [0.2, 0.25) is 10.9 Å². The molecule has 1 aromatic carbocycles. The highest BCUT2D eigenvalue weighted by Gasteiger charge is 2.05. The van der Waals surface area contributed by atoms with E-state index >= 15 is 0 Å². The second kappa shape index (κ2) is 6.79. The molecule has 4 nitrogen and oxygen atoms in total. The molecule has 86 valence electrons. The number of benzene rings is 1. The van der Waals surface area contributed by atoms with E-state index in [0.717, 1.165) is 11.1 Å². The van der Waals surface area contributed by atoms with Crippen LogP contribution in [0.4, 0.5) is 0 Å². The standard InChI is InChI=1S/C9H14N2O2S.ClH/c1-7(10)9-5-3-2-4-8(9)6-11-14(12)13;/h2-5,7,14H,6,10H2,1H3,(H,11,12,13);1H. The summed E-state index contributed by atoms with van der Waals surface area (Å²) in [4.78, 5) is 0. The largest absolute Gasteiger partial charge is 0.324 e. The van der Waals surface area contributed by atoms with Crippen molar-refractivity contribution >= 4 is 23.3 Å². The quantitative estimate of drug-likeness (QED) is 0.691. The van der Waals surface area contributed by atoms with Crippen molar-refractivity contribution < 1.29 is 8.42 Å². The van der Waals surface area contributed by atoms with Gasteiger partial charge in [-0.15, -0.1) is 12.4 Å². The van der Waals surface area contributed by atoms with E-state index in [-0.39, 0.29) is 18.4 Å². The minimum atomic E-state index is -2.55. The average Bonchev–Trinajstić information content (AvgIpc) is 2.15. The summed E-state index contributed by atoms with van der Waals surface area (Å²) >= 11 is 0. The third-order valence-corrected chi connectivity index (χ3v) is 2.36. The molecule has 3 N–H and O–H groups in total. The van der Waals surface area contributed by atoms with Crippen molar-refractivity contribution in [3.05, 3.63) is 35.4 Å². The van der Waals surface area contributed by atoms with Crippen LogP contribution in [0.3, 0.4) is 0 Å². The summed E-state index contributed by atoms with van der Waals surface area (Å²) in [5.74, 6) is 0. The maximum atomic E-state index is 10.3. The van der Waals surface area contributed by atoms with Crippen LogP contribution in [0.5, 0.6) is 0 Å². The summed E-state index contributed by atoms with van der Waals surface area (Å²) in [7, 11) is -2.55. The van der Waals surface area contributed by atoms with Gasteiger partial charge in [0.25, 0.3) is 0 Å². The molecule has 0 heterocycles. The Morgan fingerprint density at radius 2 is 2.00 bits per heavy atom. The third-order valence-electron chi connectivity index (χ3n) is 1.94. The second-order valence-corrected chi connectivity index (χ2v) is 3.91. The lowest BCUT2D eigenvalue weighted by Gasteiger charge is -2.11. The summed E-state index contributed by atoms with van der Waals surface area (Å²) in [6.07, 6.45) is 0. The van der Waals surface area contributed by atoms with Gasteiger partial charge in [0.05, 0.1) is 0 Å².